The van der Waals surface area contributed by atoms with Gasteiger partial charge in [0.1, 0.15) is 0 Å². The van der Waals surface area contributed by atoms with Crippen molar-refractivity contribution in [2.75, 3.05) is 13.6 Å². The summed E-state index contributed by atoms with van der Waals surface area (Å²) in [6, 6.07) is 0. The van der Waals surface area contributed by atoms with E-state index in [4.69, 9.17) is 6.42 Å². The molecular weight excluding hydrogens is 110 g/mol. The minimum absolute atomic E-state index is 0.470. The maximum atomic E-state index is 5.25. The van der Waals surface area contributed by atoms with Gasteiger partial charge in [-0.25, -0.2) is 0 Å². The molecule has 1 unspecified atom stereocenters. The maximum Gasteiger partial charge on any atom is 0.0209 e. The second-order valence-electron chi connectivity index (χ2n) is 2.16. The summed E-state index contributed by atoms with van der Waals surface area (Å²) in [5.41, 5.74) is 0. The SMILES string of the molecule is C#CC(CC)CCNC. The Hall–Kier alpha value is -0.480. The van der Waals surface area contributed by atoms with Crippen LogP contribution in [0, 0.1) is 18.3 Å². The van der Waals surface area contributed by atoms with Crippen molar-refractivity contribution >= 4 is 0 Å². The third-order valence-electron chi connectivity index (χ3n) is 1.47. The fraction of sp³-hybridized carbons (Fsp3) is 0.750. The van der Waals surface area contributed by atoms with Gasteiger partial charge in [0.05, 0.1) is 0 Å². The monoisotopic (exact) mass is 125 g/mol. The second kappa shape index (κ2) is 5.65. The van der Waals surface area contributed by atoms with Crippen molar-refractivity contribution in [1.29, 1.82) is 0 Å². The first-order chi connectivity index (χ1) is 4.35. The van der Waals surface area contributed by atoms with Gasteiger partial charge in [0.2, 0.25) is 0 Å². The van der Waals surface area contributed by atoms with Crippen LogP contribution < -0.4 is 5.32 Å². The van der Waals surface area contributed by atoms with Gasteiger partial charge in [-0.15, -0.1) is 12.3 Å². The number of hydrogen-bond donors (Lipinski definition) is 1. The molecule has 0 aromatic carbocycles. The van der Waals surface area contributed by atoms with E-state index in [1.807, 2.05) is 7.05 Å². The lowest BCUT2D eigenvalue weighted by Gasteiger charge is -2.04. The molecule has 1 nitrogen and oxygen atoms in total. The Bertz CT molecular complexity index is 91.2. The van der Waals surface area contributed by atoms with Crippen LogP contribution in [0.15, 0.2) is 0 Å². The summed E-state index contributed by atoms with van der Waals surface area (Å²) in [5, 5.41) is 3.07. The highest BCUT2D eigenvalue weighted by Crippen LogP contribution is 2.03. The lowest BCUT2D eigenvalue weighted by atomic mass is 10.0. The fourth-order valence-electron chi connectivity index (χ4n) is 0.724. The predicted molar refractivity (Wildman–Crippen MR) is 41.2 cm³/mol. The molecule has 1 heteroatoms. The first-order valence-corrected chi connectivity index (χ1v) is 3.45. The molecule has 0 saturated carbocycles. The summed E-state index contributed by atoms with van der Waals surface area (Å²) < 4.78 is 0. The molecule has 0 aliphatic carbocycles. The summed E-state index contributed by atoms with van der Waals surface area (Å²) in [7, 11) is 1.95. The molecular formula is C8H15N. The zero-order valence-electron chi connectivity index (χ0n) is 6.28. The van der Waals surface area contributed by atoms with E-state index in [0.717, 1.165) is 19.4 Å². The lowest BCUT2D eigenvalue weighted by Crippen LogP contribution is -2.11. The molecule has 0 amide bonds. The molecule has 9 heavy (non-hydrogen) atoms. The van der Waals surface area contributed by atoms with Crippen LogP contribution in [0.2, 0.25) is 0 Å². The average Bonchev–Trinajstić information content (AvgIpc) is 1.91. The normalized spacial score (nSPS) is 12.6. The van der Waals surface area contributed by atoms with Crippen molar-refractivity contribution in [3.05, 3.63) is 0 Å². The van der Waals surface area contributed by atoms with Crippen molar-refractivity contribution in [3.63, 3.8) is 0 Å². The van der Waals surface area contributed by atoms with E-state index in [1.54, 1.807) is 0 Å². The van der Waals surface area contributed by atoms with E-state index in [1.165, 1.54) is 0 Å². The molecule has 0 aliphatic heterocycles. The minimum atomic E-state index is 0.470. The Kier molecular flexibility index (Phi) is 5.35. The van der Waals surface area contributed by atoms with E-state index >= 15 is 0 Å². The molecule has 0 aliphatic rings. The molecule has 0 aromatic heterocycles. The molecule has 1 atom stereocenters. The van der Waals surface area contributed by atoms with Gasteiger partial charge >= 0.3 is 0 Å². The molecule has 0 aromatic rings. The van der Waals surface area contributed by atoms with Crippen LogP contribution in [0.1, 0.15) is 19.8 Å². The molecule has 52 valence electrons. The summed E-state index contributed by atoms with van der Waals surface area (Å²) in [6.07, 6.45) is 7.44. The van der Waals surface area contributed by atoms with Crippen LogP contribution in [-0.2, 0) is 0 Å². The molecule has 0 bridgehead atoms. The van der Waals surface area contributed by atoms with Crippen molar-refractivity contribution in [3.8, 4) is 12.3 Å². The third-order valence-corrected chi connectivity index (χ3v) is 1.47. The molecule has 0 radical (unpaired) electrons. The highest BCUT2D eigenvalue weighted by molar-refractivity contribution is 4.92. The van der Waals surface area contributed by atoms with Crippen molar-refractivity contribution in [2.24, 2.45) is 5.92 Å². The minimum Gasteiger partial charge on any atom is -0.320 e. The van der Waals surface area contributed by atoms with Crippen LogP contribution in [0.4, 0.5) is 0 Å². The Morgan fingerprint density at radius 2 is 2.33 bits per heavy atom. The smallest absolute Gasteiger partial charge is 0.0209 e. The van der Waals surface area contributed by atoms with Gasteiger partial charge in [0.15, 0.2) is 0 Å². The van der Waals surface area contributed by atoms with E-state index in [0.29, 0.717) is 5.92 Å². The van der Waals surface area contributed by atoms with E-state index in [-0.39, 0.29) is 0 Å². The van der Waals surface area contributed by atoms with Gasteiger partial charge in [0, 0.05) is 5.92 Å². The number of rotatable bonds is 4. The zero-order valence-corrected chi connectivity index (χ0v) is 6.28. The number of terminal acetylenes is 1. The largest absolute Gasteiger partial charge is 0.320 e. The van der Waals surface area contributed by atoms with E-state index in [9.17, 15) is 0 Å². The first kappa shape index (κ1) is 8.52. The standard InChI is InChI=1S/C8H15N/c1-4-8(5-2)6-7-9-3/h1,8-9H,5-7H2,2-3H3. The van der Waals surface area contributed by atoms with Gasteiger partial charge in [-0.1, -0.05) is 6.92 Å². The van der Waals surface area contributed by atoms with Crippen LogP contribution in [0.25, 0.3) is 0 Å². The second-order valence-corrected chi connectivity index (χ2v) is 2.16. The fourth-order valence-corrected chi connectivity index (χ4v) is 0.724. The van der Waals surface area contributed by atoms with Crippen LogP contribution in [-0.4, -0.2) is 13.6 Å². The van der Waals surface area contributed by atoms with Crippen LogP contribution >= 0.6 is 0 Å². The molecule has 1 N–H and O–H groups in total. The van der Waals surface area contributed by atoms with E-state index < -0.39 is 0 Å². The Morgan fingerprint density at radius 3 is 2.67 bits per heavy atom. The highest BCUT2D eigenvalue weighted by atomic mass is 14.8. The Labute approximate surface area is 57.8 Å². The molecule has 0 heterocycles. The summed E-state index contributed by atoms with van der Waals surface area (Å²) in [4.78, 5) is 0. The first-order valence-electron chi connectivity index (χ1n) is 3.45. The number of nitrogens with one attached hydrogen (secondary N) is 1. The van der Waals surface area contributed by atoms with Crippen molar-refractivity contribution in [1.82, 2.24) is 5.32 Å². The highest BCUT2D eigenvalue weighted by Gasteiger charge is 1.98. The van der Waals surface area contributed by atoms with Gasteiger partial charge < -0.3 is 5.32 Å². The molecule has 0 saturated heterocycles. The Balaban J connectivity index is 3.23. The molecule has 0 spiro atoms. The Morgan fingerprint density at radius 1 is 1.67 bits per heavy atom. The quantitative estimate of drug-likeness (QED) is 0.558. The third kappa shape index (κ3) is 4.05. The van der Waals surface area contributed by atoms with Crippen molar-refractivity contribution < 1.29 is 0 Å². The molecule has 0 rings (SSSR count). The van der Waals surface area contributed by atoms with Gasteiger partial charge in [-0.3, -0.25) is 0 Å². The van der Waals surface area contributed by atoms with Crippen molar-refractivity contribution in [2.45, 2.75) is 19.8 Å². The zero-order chi connectivity index (χ0) is 7.11. The van der Waals surface area contributed by atoms with Crippen LogP contribution in [0.3, 0.4) is 0 Å². The van der Waals surface area contributed by atoms with Gasteiger partial charge in [0.25, 0.3) is 0 Å². The van der Waals surface area contributed by atoms with Gasteiger partial charge in [-0.05, 0) is 26.4 Å². The molecule has 0 fully saturated rings. The lowest BCUT2D eigenvalue weighted by molar-refractivity contribution is 0.568. The van der Waals surface area contributed by atoms with E-state index in [2.05, 4.69) is 18.2 Å². The van der Waals surface area contributed by atoms with Gasteiger partial charge in [-0.2, -0.15) is 0 Å². The predicted octanol–water partition coefficient (Wildman–Crippen LogP) is 1.26. The summed E-state index contributed by atoms with van der Waals surface area (Å²) in [6.45, 7) is 3.16. The maximum absolute atomic E-state index is 5.25. The summed E-state index contributed by atoms with van der Waals surface area (Å²) >= 11 is 0. The summed E-state index contributed by atoms with van der Waals surface area (Å²) in [5.74, 6) is 3.22. The topological polar surface area (TPSA) is 12.0 Å². The number of hydrogen-bond acceptors (Lipinski definition) is 1. The van der Waals surface area contributed by atoms with Crippen LogP contribution in [0.5, 0.6) is 0 Å². The average molecular weight is 125 g/mol.